The van der Waals surface area contributed by atoms with E-state index in [1.165, 1.54) is 0 Å². The number of likely N-dealkylation sites (tertiary alicyclic amines) is 1. The molecule has 18 heavy (non-hydrogen) atoms. The van der Waals surface area contributed by atoms with Gasteiger partial charge < -0.3 is 5.32 Å². The molecule has 2 N–H and O–H groups in total. The fraction of sp³-hybridized carbons (Fsp3) is 0.846. The summed E-state index contributed by atoms with van der Waals surface area (Å²) < 4.78 is 0. The van der Waals surface area contributed by atoms with Crippen LogP contribution < -0.4 is 10.6 Å². The standard InChI is InChI=1S/C13H25N3O2/c1-4-11(3)14-13(18)15-12(17)9-16-7-5-10(2)6-8-16/h10-11H,4-9H2,1-3H3,(H2,14,15,17,18)/t11-/m0/s1. The molecule has 0 aromatic heterocycles. The monoisotopic (exact) mass is 255 g/mol. The van der Waals surface area contributed by atoms with Crippen LogP contribution >= 0.6 is 0 Å². The van der Waals surface area contributed by atoms with Gasteiger partial charge in [0.25, 0.3) is 0 Å². The number of amides is 3. The van der Waals surface area contributed by atoms with Crippen molar-refractivity contribution in [3.63, 3.8) is 0 Å². The van der Waals surface area contributed by atoms with E-state index in [4.69, 9.17) is 0 Å². The first-order valence-electron chi connectivity index (χ1n) is 6.84. The zero-order chi connectivity index (χ0) is 13.5. The molecule has 1 heterocycles. The van der Waals surface area contributed by atoms with Crippen molar-refractivity contribution in [2.75, 3.05) is 19.6 Å². The van der Waals surface area contributed by atoms with E-state index in [9.17, 15) is 9.59 Å². The zero-order valence-corrected chi connectivity index (χ0v) is 11.7. The minimum atomic E-state index is -0.389. The highest BCUT2D eigenvalue weighted by atomic mass is 16.2. The van der Waals surface area contributed by atoms with E-state index in [1.54, 1.807) is 0 Å². The number of nitrogens with one attached hydrogen (secondary N) is 2. The SMILES string of the molecule is CC[C@H](C)NC(=O)NC(=O)CN1CCC(C)CC1. The van der Waals surface area contributed by atoms with Crippen LogP contribution in [0.1, 0.15) is 40.0 Å². The van der Waals surface area contributed by atoms with Gasteiger partial charge in [0.05, 0.1) is 6.54 Å². The number of imide groups is 1. The van der Waals surface area contributed by atoms with Gasteiger partial charge in [0.2, 0.25) is 5.91 Å². The number of piperidine rings is 1. The van der Waals surface area contributed by atoms with Crippen molar-refractivity contribution in [3.8, 4) is 0 Å². The smallest absolute Gasteiger partial charge is 0.321 e. The largest absolute Gasteiger partial charge is 0.335 e. The zero-order valence-electron chi connectivity index (χ0n) is 11.7. The highest BCUT2D eigenvalue weighted by Crippen LogP contribution is 2.15. The Morgan fingerprint density at radius 1 is 1.33 bits per heavy atom. The summed E-state index contributed by atoms with van der Waals surface area (Å²) in [6, 6.07) is -0.298. The molecule has 1 fully saturated rings. The second kappa shape index (κ2) is 7.36. The van der Waals surface area contributed by atoms with E-state index in [2.05, 4.69) is 22.5 Å². The molecular formula is C13H25N3O2. The average Bonchev–Trinajstić information content (AvgIpc) is 2.31. The molecule has 5 heteroatoms. The lowest BCUT2D eigenvalue weighted by molar-refractivity contribution is -0.121. The maximum absolute atomic E-state index is 11.7. The molecule has 0 aliphatic carbocycles. The Labute approximate surface area is 109 Å². The van der Waals surface area contributed by atoms with Gasteiger partial charge in [0.1, 0.15) is 0 Å². The van der Waals surface area contributed by atoms with Gasteiger partial charge in [-0.1, -0.05) is 13.8 Å². The number of hydrogen-bond donors (Lipinski definition) is 2. The third-order valence-electron chi connectivity index (χ3n) is 3.49. The van der Waals surface area contributed by atoms with E-state index < -0.39 is 0 Å². The van der Waals surface area contributed by atoms with Crippen molar-refractivity contribution in [1.82, 2.24) is 15.5 Å². The number of carbonyl (C=O) groups is 2. The van der Waals surface area contributed by atoms with Crippen molar-refractivity contribution in [1.29, 1.82) is 0 Å². The van der Waals surface area contributed by atoms with Crippen LogP contribution in [0.5, 0.6) is 0 Å². The highest BCUT2D eigenvalue weighted by molar-refractivity contribution is 5.95. The van der Waals surface area contributed by atoms with Crippen LogP contribution in [-0.2, 0) is 4.79 Å². The number of hydrogen-bond acceptors (Lipinski definition) is 3. The van der Waals surface area contributed by atoms with E-state index in [-0.39, 0.29) is 18.0 Å². The Balaban J connectivity index is 2.22. The molecular weight excluding hydrogens is 230 g/mol. The Bertz CT molecular complexity index is 286. The quantitative estimate of drug-likeness (QED) is 0.797. The summed E-state index contributed by atoms with van der Waals surface area (Å²) in [6.45, 7) is 8.35. The summed E-state index contributed by atoms with van der Waals surface area (Å²) in [7, 11) is 0. The van der Waals surface area contributed by atoms with Gasteiger partial charge in [0, 0.05) is 6.04 Å². The van der Waals surface area contributed by atoms with Gasteiger partial charge in [-0.25, -0.2) is 4.79 Å². The van der Waals surface area contributed by atoms with Crippen molar-refractivity contribution >= 4 is 11.9 Å². The Hall–Kier alpha value is -1.10. The van der Waals surface area contributed by atoms with Crippen LogP contribution in [0, 0.1) is 5.92 Å². The number of nitrogens with zero attached hydrogens (tertiary/aromatic N) is 1. The lowest BCUT2D eigenvalue weighted by atomic mass is 9.99. The third kappa shape index (κ3) is 5.49. The highest BCUT2D eigenvalue weighted by Gasteiger charge is 2.19. The van der Waals surface area contributed by atoms with Crippen LogP contribution in [0.2, 0.25) is 0 Å². The van der Waals surface area contributed by atoms with Crippen LogP contribution in [-0.4, -0.2) is 42.5 Å². The number of rotatable bonds is 4. The Morgan fingerprint density at radius 3 is 2.50 bits per heavy atom. The first-order valence-corrected chi connectivity index (χ1v) is 6.84. The predicted octanol–water partition coefficient (Wildman–Crippen LogP) is 1.34. The maximum Gasteiger partial charge on any atom is 0.321 e. The lowest BCUT2D eigenvalue weighted by Crippen LogP contribution is -2.47. The fourth-order valence-electron chi connectivity index (χ4n) is 1.95. The maximum atomic E-state index is 11.7. The molecule has 5 nitrogen and oxygen atoms in total. The van der Waals surface area contributed by atoms with Gasteiger partial charge in [-0.2, -0.15) is 0 Å². The van der Waals surface area contributed by atoms with Crippen molar-refractivity contribution in [2.45, 2.75) is 46.1 Å². The van der Waals surface area contributed by atoms with E-state index in [0.717, 1.165) is 38.3 Å². The molecule has 0 radical (unpaired) electrons. The van der Waals surface area contributed by atoms with Crippen molar-refractivity contribution in [2.24, 2.45) is 5.92 Å². The summed E-state index contributed by atoms with van der Waals surface area (Å²) in [5, 5.41) is 5.09. The van der Waals surface area contributed by atoms with Crippen LogP contribution in [0.25, 0.3) is 0 Å². The second-order valence-electron chi connectivity index (χ2n) is 5.29. The topological polar surface area (TPSA) is 61.4 Å². The molecule has 0 spiro atoms. The van der Waals surface area contributed by atoms with E-state index in [0.29, 0.717) is 6.54 Å². The Morgan fingerprint density at radius 2 is 1.94 bits per heavy atom. The molecule has 3 amide bonds. The average molecular weight is 255 g/mol. The molecule has 0 aromatic carbocycles. The van der Waals surface area contributed by atoms with E-state index >= 15 is 0 Å². The summed E-state index contributed by atoms with van der Waals surface area (Å²) in [4.78, 5) is 25.2. The number of urea groups is 1. The minimum absolute atomic E-state index is 0.0913. The molecule has 104 valence electrons. The molecule has 1 rings (SSSR count). The normalized spacial score (nSPS) is 19.3. The third-order valence-corrected chi connectivity index (χ3v) is 3.49. The molecule has 0 saturated carbocycles. The van der Waals surface area contributed by atoms with Gasteiger partial charge >= 0.3 is 6.03 Å². The molecule has 0 bridgehead atoms. The second-order valence-corrected chi connectivity index (χ2v) is 5.29. The lowest BCUT2D eigenvalue weighted by Gasteiger charge is -2.29. The van der Waals surface area contributed by atoms with E-state index in [1.807, 2.05) is 13.8 Å². The molecule has 0 unspecified atom stereocenters. The van der Waals surface area contributed by atoms with Crippen molar-refractivity contribution < 1.29 is 9.59 Å². The first kappa shape index (κ1) is 15.0. The molecule has 1 aliphatic heterocycles. The minimum Gasteiger partial charge on any atom is -0.335 e. The molecule has 1 atom stereocenters. The van der Waals surface area contributed by atoms with Gasteiger partial charge in [-0.15, -0.1) is 0 Å². The Kier molecular flexibility index (Phi) is 6.12. The van der Waals surface area contributed by atoms with Crippen molar-refractivity contribution in [3.05, 3.63) is 0 Å². The predicted molar refractivity (Wildman–Crippen MR) is 71.3 cm³/mol. The van der Waals surface area contributed by atoms with Gasteiger partial charge in [0.15, 0.2) is 0 Å². The van der Waals surface area contributed by atoms with Crippen LogP contribution in [0.3, 0.4) is 0 Å². The summed E-state index contributed by atoms with van der Waals surface area (Å²) >= 11 is 0. The molecule has 1 saturated heterocycles. The molecule has 0 aromatic rings. The van der Waals surface area contributed by atoms with Gasteiger partial charge in [-0.05, 0) is 45.2 Å². The summed E-state index contributed by atoms with van der Waals surface area (Å²) in [5.41, 5.74) is 0. The first-order chi connectivity index (χ1) is 8.51. The van der Waals surface area contributed by atoms with Crippen LogP contribution in [0.15, 0.2) is 0 Å². The molecule has 1 aliphatic rings. The fourth-order valence-corrected chi connectivity index (χ4v) is 1.95. The van der Waals surface area contributed by atoms with Crippen LogP contribution in [0.4, 0.5) is 4.79 Å². The van der Waals surface area contributed by atoms with Gasteiger partial charge in [-0.3, -0.25) is 15.0 Å². The number of carbonyl (C=O) groups excluding carboxylic acids is 2. The summed E-state index contributed by atoms with van der Waals surface area (Å²) in [5.74, 6) is 0.531. The summed E-state index contributed by atoms with van der Waals surface area (Å²) in [6.07, 6.45) is 3.12.